The molecule has 1 N–H and O–H groups in total. The fourth-order valence-corrected chi connectivity index (χ4v) is 3.05. The largest absolute Gasteiger partial charge is 0.337 e. The second-order valence-corrected chi connectivity index (χ2v) is 8.07. The van der Waals surface area contributed by atoms with Gasteiger partial charge in [0.25, 0.3) is 0 Å². The molecule has 0 radical (unpaired) electrons. The highest BCUT2D eigenvalue weighted by Gasteiger charge is 2.32. The van der Waals surface area contributed by atoms with Gasteiger partial charge in [-0.2, -0.15) is 5.26 Å². The third kappa shape index (κ3) is 4.83. The Morgan fingerprint density at radius 1 is 1.23 bits per heavy atom. The maximum Gasteiger partial charge on any atom is 0.234 e. The molecular weight excluding hydrogens is 344 g/mol. The van der Waals surface area contributed by atoms with E-state index in [9.17, 15) is 10.1 Å². The molecule has 1 amide bonds. The van der Waals surface area contributed by atoms with Crippen molar-refractivity contribution in [2.24, 2.45) is 5.92 Å². The van der Waals surface area contributed by atoms with Crippen molar-refractivity contribution < 1.29 is 4.79 Å². The zero-order valence-corrected chi connectivity index (χ0v) is 16.6. The average Bonchev–Trinajstić information content (AvgIpc) is 2.61. The van der Waals surface area contributed by atoms with E-state index in [2.05, 4.69) is 21.4 Å². The summed E-state index contributed by atoms with van der Waals surface area (Å²) in [6, 6.07) is 14.0. The molecule has 1 aromatic carbocycles. The summed E-state index contributed by atoms with van der Waals surface area (Å²) in [6.45, 7) is 9.28. The van der Waals surface area contributed by atoms with Crippen LogP contribution in [0.4, 0.5) is 0 Å². The lowest BCUT2D eigenvalue weighted by molar-refractivity contribution is -0.121. The lowest BCUT2D eigenvalue weighted by Crippen LogP contribution is -2.51. The first kappa shape index (κ1) is 19.9. The first-order valence-corrected chi connectivity index (χ1v) is 9.44. The number of nitrogens with one attached hydrogen (secondary N) is 1. The van der Waals surface area contributed by atoms with Gasteiger partial charge in [-0.1, -0.05) is 55.9 Å². The van der Waals surface area contributed by atoms with Gasteiger partial charge in [0, 0.05) is 11.3 Å². The number of thioether (sulfide) groups is 1. The molecule has 0 fully saturated rings. The van der Waals surface area contributed by atoms with E-state index in [-0.39, 0.29) is 11.8 Å². The third-order valence-electron chi connectivity index (χ3n) is 4.32. The maximum atomic E-state index is 12.5. The molecule has 5 nitrogen and oxygen atoms in total. The Bertz CT molecular complexity index is 816. The van der Waals surface area contributed by atoms with Crippen LogP contribution in [-0.4, -0.2) is 26.7 Å². The van der Waals surface area contributed by atoms with Crippen LogP contribution in [0.15, 0.2) is 41.6 Å². The number of hydrogen-bond donors (Lipinski definition) is 1. The lowest BCUT2D eigenvalue weighted by atomic mass is 9.90. The van der Waals surface area contributed by atoms with E-state index in [1.165, 1.54) is 11.8 Å². The highest BCUT2D eigenvalue weighted by molar-refractivity contribution is 8.00. The number of nitriles is 1. The van der Waals surface area contributed by atoms with Gasteiger partial charge in [0.2, 0.25) is 5.91 Å². The molecule has 2 atom stereocenters. The second kappa shape index (κ2) is 8.33. The van der Waals surface area contributed by atoms with Crippen molar-refractivity contribution >= 4 is 17.7 Å². The number of carbonyl (C=O) groups is 1. The molecule has 136 valence electrons. The minimum Gasteiger partial charge on any atom is -0.337 e. The normalized spacial score (nSPS) is 14.3. The number of hydrogen-bond acceptors (Lipinski definition) is 5. The van der Waals surface area contributed by atoms with Gasteiger partial charge in [-0.3, -0.25) is 4.79 Å². The predicted octanol–water partition coefficient (Wildman–Crippen LogP) is 3.99. The zero-order valence-electron chi connectivity index (χ0n) is 15.8. The van der Waals surface area contributed by atoms with Crippen molar-refractivity contribution in [1.82, 2.24) is 15.3 Å². The Hall–Kier alpha value is -2.39. The second-order valence-electron chi connectivity index (χ2n) is 6.76. The molecule has 0 aliphatic heterocycles. The number of amides is 1. The van der Waals surface area contributed by atoms with Crippen molar-refractivity contribution in [3.63, 3.8) is 0 Å². The molecule has 0 saturated heterocycles. The standard InChI is InChI=1S/C20H24N4OS/c1-13(2)20(5,12-21)24-18(25)15(4)26-19-22-14(3)11-17(23-19)16-9-7-6-8-10-16/h6-11,13,15H,1-5H3,(H,24,25)/t15-,20-/m1/s1. The van der Waals surface area contributed by atoms with E-state index < -0.39 is 10.8 Å². The molecular formula is C20H24N4OS. The van der Waals surface area contributed by atoms with Crippen LogP contribution >= 0.6 is 11.8 Å². The van der Waals surface area contributed by atoms with Gasteiger partial charge < -0.3 is 5.32 Å². The van der Waals surface area contributed by atoms with E-state index in [0.717, 1.165) is 17.0 Å². The lowest BCUT2D eigenvalue weighted by Gasteiger charge is -2.28. The molecule has 6 heteroatoms. The number of benzene rings is 1. The molecule has 2 aromatic rings. The predicted molar refractivity (Wildman–Crippen MR) is 105 cm³/mol. The van der Waals surface area contributed by atoms with E-state index in [1.807, 2.05) is 57.2 Å². The fraction of sp³-hybridized carbons (Fsp3) is 0.400. The molecule has 26 heavy (non-hydrogen) atoms. The SMILES string of the molecule is Cc1cc(-c2ccccc2)nc(S[C@H](C)C(=O)N[C@](C)(C#N)C(C)C)n1. The molecule has 0 saturated carbocycles. The molecule has 2 rings (SSSR count). The van der Waals surface area contributed by atoms with Crippen LogP contribution in [0.3, 0.4) is 0 Å². The van der Waals surface area contributed by atoms with Gasteiger partial charge in [-0.25, -0.2) is 9.97 Å². The Labute approximate surface area is 159 Å². The minimum absolute atomic E-state index is 0.00792. The number of aromatic nitrogens is 2. The zero-order chi connectivity index (χ0) is 19.3. The molecule has 0 aliphatic rings. The number of aryl methyl sites for hydroxylation is 1. The highest BCUT2D eigenvalue weighted by Crippen LogP contribution is 2.25. The van der Waals surface area contributed by atoms with Crippen LogP contribution in [-0.2, 0) is 4.79 Å². The molecule has 0 aliphatic carbocycles. The topological polar surface area (TPSA) is 78.7 Å². The number of nitrogens with zero attached hydrogens (tertiary/aromatic N) is 3. The summed E-state index contributed by atoms with van der Waals surface area (Å²) in [6.07, 6.45) is 0. The van der Waals surface area contributed by atoms with Crippen molar-refractivity contribution in [2.75, 3.05) is 0 Å². The first-order valence-electron chi connectivity index (χ1n) is 8.56. The van der Waals surface area contributed by atoms with Crippen LogP contribution in [0.25, 0.3) is 11.3 Å². The molecule has 0 unspecified atom stereocenters. The third-order valence-corrected chi connectivity index (χ3v) is 5.29. The summed E-state index contributed by atoms with van der Waals surface area (Å²) in [5.74, 6) is -0.187. The van der Waals surface area contributed by atoms with Crippen LogP contribution in [0.1, 0.15) is 33.4 Å². The summed E-state index contributed by atoms with van der Waals surface area (Å²) < 4.78 is 0. The van der Waals surface area contributed by atoms with Crippen LogP contribution in [0.5, 0.6) is 0 Å². The monoisotopic (exact) mass is 368 g/mol. The Kier molecular flexibility index (Phi) is 6.38. The van der Waals surface area contributed by atoms with Crippen molar-refractivity contribution in [3.8, 4) is 17.3 Å². The van der Waals surface area contributed by atoms with Gasteiger partial charge in [-0.05, 0) is 32.8 Å². The quantitative estimate of drug-likeness (QED) is 0.616. The fourth-order valence-electron chi connectivity index (χ4n) is 2.22. The smallest absolute Gasteiger partial charge is 0.234 e. The van der Waals surface area contributed by atoms with Crippen molar-refractivity contribution in [3.05, 3.63) is 42.1 Å². The Morgan fingerprint density at radius 3 is 2.46 bits per heavy atom. The van der Waals surface area contributed by atoms with E-state index in [0.29, 0.717) is 5.16 Å². The van der Waals surface area contributed by atoms with E-state index in [4.69, 9.17) is 0 Å². The van der Waals surface area contributed by atoms with Crippen LogP contribution in [0, 0.1) is 24.2 Å². The average molecular weight is 369 g/mol. The molecule has 1 heterocycles. The van der Waals surface area contributed by atoms with Gasteiger partial charge in [0.05, 0.1) is 17.0 Å². The first-order chi connectivity index (χ1) is 12.2. The molecule has 1 aromatic heterocycles. The summed E-state index contributed by atoms with van der Waals surface area (Å²) in [7, 11) is 0. The van der Waals surface area contributed by atoms with E-state index >= 15 is 0 Å². The van der Waals surface area contributed by atoms with E-state index in [1.54, 1.807) is 13.8 Å². The molecule has 0 spiro atoms. The van der Waals surface area contributed by atoms with Gasteiger partial charge in [0.15, 0.2) is 5.16 Å². The Morgan fingerprint density at radius 2 is 1.88 bits per heavy atom. The number of carbonyl (C=O) groups excluding carboxylic acids is 1. The van der Waals surface area contributed by atoms with Crippen LogP contribution < -0.4 is 5.32 Å². The summed E-state index contributed by atoms with van der Waals surface area (Å²) in [5, 5.41) is 12.4. The van der Waals surface area contributed by atoms with Gasteiger partial charge >= 0.3 is 0 Å². The summed E-state index contributed by atoms with van der Waals surface area (Å²) in [4.78, 5) is 21.6. The van der Waals surface area contributed by atoms with Crippen molar-refractivity contribution in [2.45, 2.75) is 50.6 Å². The maximum absolute atomic E-state index is 12.5. The van der Waals surface area contributed by atoms with Gasteiger partial charge in [-0.15, -0.1) is 0 Å². The highest BCUT2D eigenvalue weighted by atomic mass is 32.2. The van der Waals surface area contributed by atoms with Gasteiger partial charge in [0.1, 0.15) is 5.54 Å². The van der Waals surface area contributed by atoms with Crippen molar-refractivity contribution in [1.29, 1.82) is 5.26 Å². The molecule has 0 bridgehead atoms. The minimum atomic E-state index is -0.894. The van der Waals surface area contributed by atoms with Crippen LogP contribution in [0.2, 0.25) is 0 Å². The summed E-state index contributed by atoms with van der Waals surface area (Å²) in [5.41, 5.74) is 1.79. The number of rotatable bonds is 6. The Balaban J connectivity index is 2.17. The summed E-state index contributed by atoms with van der Waals surface area (Å²) >= 11 is 1.29.